The largest absolute Gasteiger partial charge is 0.493 e. The number of fused-ring (bicyclic) bond motifs is 1. The highest BCUT2D eigenvalue weighted by molar-refractivity contribution is 6.33. The number of carbonyl (C=O) groups is 1. The van der Waals surface area contributed by atoms with Crippen molar-refractivity contribution >= 4 is 17.5 Å². The van der Waals surface area contributed by atoms with E-state index in [0.717, 1.165) is 29.7 Å². The average molecular weight is 469 g/mol. The molecule has 4 rings (SSSR count). The third-order valence-electron chi connectivity index (χ3n) is 5.99. The van der Waals surface area contributed by atoms with Crippen LogP contribution in [0.2, 0.25) is 5.02 Å². The van der Waals surface area contributed by atoms with Gasteiger partial charge in [0.15, 0.2) is 11.5 Å². The maximum absolute atomic E-state index is 13.4. The molecule has 0 saturated heterocycles. The summed E-state index contributed by atoms with van der Waals surface area (Å²) in [6.45, 7) is 1.79. The normalized spacial score (nSPS) is 15.6. The van der Waals surface area contributed by atoms with E-state index >= 15 is 0 Å². The Morgan fingerprint density at radius 2 is 1.79 bits per heavy atom. The lowest BCUT2D eigenvalue weighted by molar-refractivity contribution is 0.0926. The van der Waals surface area contributed by atoms with Crippen molar-refractivity contribution in [1.29, 1.82) is 0 Å². The first-order chi connectivity index (χ1) is 16.0. The number of carbonyl (C=O) groups excluding carboxylic acids is 1. The van der Waals surface area contributed by atoms with E-state index in [4.69, 9.17) is 21.1 Å². The van der Waals surface area contributed by atoms with E-state index in [1.165, 1.54) is 12.1 Å². The molecule has 1 heterocycles. The summed E-state index contributed by atoms with van der Waals surface area (Å²) < 4.78 is 24.4. The summed E-state index contributed by atoms with van der Waals surface area (Å²) in [5.74, 6) is 0.836. The Morgan fingerprint density at radius 1 is 1.09 bits per heavy atom. The van der Waals surface area contributed by atoms with Crippen LogP contribution in [-0.4, -0.2) is 38.1 Å². The zero-order valence-corrected chi connectivity index (χ0v) is 19.4. The minimum absolute atomic E-state index is 0.106. The van der Waals surface area contributed by atoms with Crippen molar-refractivity contribution in [2.45, 2.75) is 19.0 Å². The summed E-state index contributed by atoms with van der Waals surface area (Å²) in [5.41, 5.74) is 3.66. The van der Waals surface area contributed by atoms with Crippen molar-refractivity contribution in [3.63, 3.8) is 0 Å². The zero-order chi connectivity index (χ0) is 23.4. The number of nitrogens with zero attached hydrogens (tertiary/aromatic N) is 1. The van der Waals surface area contributed by atoms with E-state index in [0.29, 0.717) is 35.2 Å². The summed E-state index contributed by atoms with van der Waals surface area (Å²) >= 11 is 6.21. The minimum atomic E-state index is -0.261. The highest BCUT2D eigenvalue weighted by Crippen LogP contribution is 2.38. The molecule has 0 aromatic heterocycles. The van der Waals surface area contributed by atoms with Gasteiger partial charge in [0.25, 0.3) is 5.91 Å². The van der Waals surface area contributed by atoms with Crippen LogP contribution in [-0.2, 0) is 13.0 Å². The topological polar surface area (TPSA) is 50.8 Å². The third kappa shape index (κ3) is 5.13. The van der Waals surface area contributed by atoms with Crippen LogP contribution in [0.1, 0.15) is 33.1 Å². The molecule has 3 aromatic carbocycles. The predicted octanol–water partition coefficient (Wildman–Crippen LogP) is 5.03. The Hall–Kier alpha value is -3.09. The van der Waals surface area contributed by atoms with Crippen molar-refractivity contribution in [2.24, 2.45) is 0 Å². The fourth-order valence-electron chi connectivity index (χ4n) is 4.26. The lowest BCUT2D eigenvalue weighted by Gasteiger charge is -2.38. The van der Waals surface area contributed by atoms with Crippen LogP contribution in [0.3, 0.4) is 0 Å². The summed E-state index contributed by atoms with van der Waals surface area (Å²) in [6, 6.07) is 17.4. The fourth-order valence-corrected chi connectivity index (χ4v) is 4.48. The number of nitrogens with one attached hydrogen (secondary N) is 1. The summed E-state index contributed by atoms with van der Waals surface area (Å²) in [5, 5.41) is 3.46. The van der Waals surface area contributed by atoms with Crippen LogP contribution >= 0.6 is 11.6 Å². The first-order valence-corrected chi connectivity index (χ1v) is 11.1. The molecule has 7 heteroatoms. The quantitative estimate of drug-likeness (QED) is 0.528. The predicted molar refractivity (Wildman–Crippen MR) is 127 cm³/mol. The van der Waals surface area contributed by atoms with Gasteiger partial charge in [-0.25, -0.2) is 4.39 Å². The molecule has 1 amide bonds. The number of benzene rings is 3. The van der Waals surface area contributed by atoms with Crippen LogP contribution in [0.5, 0.6) is 11.5 Å². The maximum Gasteiger partial charge on any atom is 0.252 e. The van der Waals surface area contributed by atoms with E-state index in [1.54, 1.807) is 50.6 Å². The number of hydrogen-bond donors (Lipinski definition) is 1. The van der Waals surface area contributed by atoms with E-state index < -0.39 is 0 Å². The Kier molecular flexibility index (Phi) is 7.16. The molecular formula is C26H26ClFN2O3. The first kappa shape index (κ1) is 23.1. The maximum atomic E-state index is 13.4. The van der Waals surface area contributed by atoms with Crippen LogP contribution < -0.4 is 14.8 Å². The van der Waals surface area contributed by atoms with Crippen molar-refractivity contribution in [1.82, 2.24) is 10.2 Å². The van der Waals surface area contributed by atoms with Gasteiger partial charge in [-0.2, -0.15) is 0 Å². The Balaban J connectivity index is 1.63. The van der Waals surface area contributed by atoms with Crippen LogP contribution in [0, 0.1) is 5.82 Å². The van der Waals surface area contributed by atoms with Gasteiger partial charge >= 0.3 is 0 Å². The zero-order valence-electron chi connectivity index (χ0n) is 18.6. The molecule has 1 atom stereocenters. The minimum Gasteiger partial charge on any atom is -0.493 e. The monoisotopic (exact) mass is 468 g/mol. The number of rotatable bonds is 7. The number of ether oxygens (including phenoxy) is 2. The first-order valence-electron chi connectivity index (χ1n) is 10.8. The molecule has 0 bridgehead atoms. The van der Waals surface area contributed by atoms with Gasteiger partial charge in [0.2, 0.25) is 0 Å². The highest BCUT2D eigenvalue weighted by Gasteiger charge is 2.30. The number of halogens is 2. The Bertz CT molecular complexity index is 1140. The second-order valence-electron chi connectivity index (χ2n) is 7.96. The highest BCUT2D eigenvalue weighted by atomic mass is 35.5. The molecule has 1 N–H and O–H groups in total. The van der Waals surface area contributed by atoms with E-state index in [1.807, 2.05) is 12.1 Å². The molecule has 0 fully saturated rings. The molecule has 33 heavy (non-hydrogen) atoms. The van der Waals surface area contributed by atoms with Gasteiger partial charge in [-0.1, -0.05) is 35.9 Å². The molecule has 5 nitrogen and oxygen atoms in total. The molecule has 0 unspecified atom stereocenters. The Labute approximate surface area is 198 Å². The van der Waals surface area contributed by atoms with Gasteiger partial charge in [0.05, 0.1) is 30.8 Å². The summed E-state index contributed by atoms with van der Waals surface area (Å²) in [4.78, 5) is 15.1. The van der Waals surface area contributed by atoms with E-state index in [-0.39, 0.29) is 17.8 Å². The van der Waals surface area contributed by atoms with Crippen molar-refractivity contribution in [3.05, 3.63) is 93.8 Å². The van der Waals surface area contributed by atoms with Gasteiger partial charge in [0, 0.05) is 19.6 Å². The molecule has 172 valence electrons. The van der Waals surface area contributed by atoms with E-state index in [2.05, 4.69) is 10.2 Å². The smallest absolute Gasteiger partial charge is 0.252 e. The molecule has 0 saturated carbocycles. The van der Waals surface area contributed by atoms with Crippen LogP contribution in [0.25, 0.3) is 0 Å². The van der Waals surface area contributed by atoms with Gasteiger partial charge in [0.1, 0.15) is 5.82 Å². The number of amides is 1. The van der Waals surface area contributed by atoms with Crippen molar-refractivity contribution in [2.75, 3.05) is 27.3 Å². The van der Waals surface area contributed by atoms with Gasteiger partial charge < -0.3 is 14.8 Å². The summed E-state index contributed by atoms with van der Waals surface area (Å²) in [7, 11) is 3.23. The van der Waals surface area contributed by atoms with Crippen molar-refractivity contribution in [3.8, 4) is 11.5 Å². The lowest BCUT2D eigenvalue weighted by Crippen LogP contribution is -2.41. The van der Waals surface area contributed by atoms with Crippen LogP contribution in [0.15, 0.2) is 60.7 Å². The standard InChI is InChI=1S/C26H26ClFN2O3/c1-32-24-13-18-11-12-30(16-17-7-9-19(28)10-8-17)23(21(18)14-25(24)33-2)15-29-26(31)20-5-3-4-6-22(20)27/h3-10,13-14,23H,11-12,15-16H2,1-2H3,(H,29,31)/t23-/m1/s1. The SMILES string of the molecule is COc1cc2c(cc1OC)[C@@H](CNC(=O)c1ccccc1Cl)N(Cc1ccc(F)cc1)CC2. The van der Waals surface area contributed by atoms with Gasteiger partial charge in [-0.3, -0.25) is 9.69 Å². The van der Waals surface area contributed by atoms with Gasteiger partial charge in [-0.05, 0) is 59.5 Å². The van der Waals surface area contributed by atoms with Crippen LogP contribution in [0.4, 0.5) is 4.39 Å². The molecular weight excluding hydrogens is 443 g/mol. The number of hydrogen-bond acceptors (Lipinski definition) is 4. The Morgan fingerprint density at radius 3 is 2.48 bits per heavy atom. The van der Waals surface area contributed by atoms with E-state index in [9.17, 15) is 9.18 Å². The van der Waals surface area contributed by atoms with Crippen molar-refractivity contribution < 1.29 is 18.7 Å². The third-order valence-corrected chi connectivity index (χ3v) is 6.32. The molecule has 3 aromatic rings. The second-order valence-corrected chi connectivity index (χ2v) is 8.37. The van der Waals surface area contributed by atoms with Gasteiger partial charge in [-0.15, -0.1) is 0 Å². The fraction of sp³-hybridized carbons (Fsp3) is 0.269. The average Bonchev–Trinajstić information content (AvgIpc) is 2.83. The molecule has 1 aliphatic rings. The molecule has 1 aliphatic heterocycles. The molecule has 0 spiro atoms. The lowest BCUT2D eigenvalue weighted by atomic mass is 9.91. The summed E-state index contributed by atoms with van der Waals surface area (Å²) in [6.07, 6.45) is 0.825. The second kappa shape index (κ2) is 10.2. The molecule has 0 radical (unpaired) electrons. The molecule has 0 aliphatic carbocycles. The number of methoxy groups -OCH3 is 2.